The number of ether oxygens (including phenoxy) is 1. The van der Waals surface area contributed by atoms with Crippen molar-refractivity contribution in [2.75, 3.05) is 37.8 Å². The Bertz CT molecular complexity index is 1790. The molecule has 0 spiro atoms. The number of imidazole rings is 1. The van der Waals surface area contributed by atoms with Crippen LogP contribution in [0, 0.1) is 5.41 Å². The van der Waals surface area contributed by atoms with Crippen molar-refractivity contribution in [1.82, 2.24) is 30.2 Å². The van der Waals surface area contributed by atoms with Crippen molar-refractivity contribution < 1.29 is 80.5 Å². The van der Waals surface area contributed by atoms with Crippen LogP contribution in [-0.4, -0.2) is 123 Å². The van der Waals surface area contributed by atoms with E-state index in [4.69, 9.17) is 19.5 Å². The molecule has 1 aliphatic heterocycles. The van der Waals surface area contributed by atoms with Gasteiger partial charge in [0, 0.05) is 30.7 Å². The number of hydrogen-bond donors (Lipinski definition) is 9. The van der Waals surface area contributed by atoms with Gasteiger partial charge in [-0.1, -0.05) is 31.7 Å². The standard InChI is InChI=1S/C25H40N7O17P3S/c1-4-5-16(34)53-9-8-27-15(33)6-7-28-23(37)20(36)25(2,3)11-46-52(43,44)49-51(41,42)45-10-14-19(48-50(38,39)40)18(35)24(47-14)32-13-31-17-21(26)29-12-30-22(17)32/h4-5,12-14,18-20,24,35-36H,6-11H2,1-3H3,(H,27,33)(H,28,37)(H,41,42)(H,43,44)(H2,26,29,30)(H2,38,39,40). The van der Waals surface area contributed by atoms with Crippen LogP contribution in [-0.2, 0) is 50.7 Å². The Balaban J connectivity index is 1.52. The predicted octanol–water partition coefficient (Wildman–Crippen LogP) is -0.759. The van der Waals surface area contributed by atoms with Crippen LogP contribution in [0.2, 0.25) is 0 Å². The highest BCUT2D eigenvalue weighted by atomic mass is 32.2. The Morgan fingerprint density at radius 3 is 2.43 bits per heavy atom. The van der Waals surface area contributed by atoms with Crippen molar-refractivity contribution in [3.8, 4) is 0 Å². The van der Waals surface area contributed by atoms with Crippen LogP contribution < -0.4 is 16.4 Å². The predicted molar refractivity (Wildman–Crippen MR) is 182 cm³/mol. The molecule has 7 atom stereocenters. The summed E-state index contributed by atoms with van der Waals surface area (Å²) in [4.78, 5) is 86.7. The topological polar surface area (TPSA) is 364 Å². The normalized spacial score (nSPS) is 22.4. The molecule has 0 saturated carbocycles. The van der Waals surface area contributed by atoms with Gasteiger partial charge in [0.25, 0.3) is 0 Å². The number of nitrogens with two attached hydrogens (primary N) is 1. The quantitative estimate of drug-likeness (QED) is 0.0449. The zero-order valence-electron chi connectivity index (χ0n) is 28.2. The van der Waals surface area contributed by atoms with Gasteiger partial charge in [-0.15, -0.1) is 0 Å². The summed E-state index contributed by atoms with van der Waals surface area (Å²) in [5.74, 6) is -1.13. The van der Waals surface area contributed by atoms with Gasteiger partial charge in [0.1, 0.15) is 36.3 Å². The van der Waals surface area contributed by atoms with Crippen LogP contribution in [0.5, 0.6) is 0 Å². The number of rotatable bonds is 20. The number of amides is 2. The molecule has 2 aromatic rings. The van der Waals surface area contributed by atoms with Gasteiger partial charge >= 0.3 is 23.5 Å². The Labute approximate surface area is 305 Å². The van der Waals surface area contributed by atoms with Crippen LogP contribution in [0.25, 0.3) is 11.2 Å². The van der Waals surface area contributed by atoms with Gasteiger partial charge in [0.05, 0.1) is 19.5 Å². The SMILES string of the molecule is CC=CC(=O)SCCNC(=O)CCNC(=O)C(O)C(C)(C)COP(=O)(O)OP(=O)(O)OCC1OC(n2cnc3c(N)ncnc32)C(O)C1OP(=O)(O)O. The summed E-state index contributed by atoms with van der Waals surface area (Å²) in [6.45, 7) is 2.17. The number of thioether (sulfide) groups is 1. The van der Waals surface area contributed by atoms with E-state index in [2.05, 4.69) is 34.4 Å². The van der Waals surface area contributed by atoms with Gasteiger partial charge in [0.2, 0.25) is 16.9 Å². The zero-order chi connectivity index (χ0) is 39.8. The van der Waals surface area contributed by atoms with E-state index < -0.39 is 84.6 Å². The smallest absolute Gasteiger partial charge is 0.386 e. The van der Waals surface area contributed by atoms with E-state index in [1.165, 1.54) is 19.9 Å². The van der Waals surface area contributed by atoms with Crippen molar-refractivity contribution in [2.24, 2.45) is 5.41 Å². The van der Waals surface area contributed by atoms with Gasteiger partial charge in [-0.2, -0.15) is 4.31 Å². The molecule has 298 valence electrons. The monoisotopic (exact) mass is 835 g/mol. The first-order valence-electron chi connectivity index (χ1n) is 15.2. The highest BCUT2D eigenvalue weighted by molar-refractivity contribution is 8.14. The molecule has 1 fully saturated rings. The number of allylic oxidation sites excluding steroid dienone is 1. The molecule has 0 aromatic carbocycles. The number of aliphatic hydroxyl groups excluding tert-OH is 2. The second-order valence-corrected chi connectivity index (χ2v) is 17.1. The van der Waals surface area contributed by atoms with Gasteiger partial charge < -0.3 is 50.9 Å². The van der Waals surface area contributed by atoms with E-state index in [1.807, 2.05) is 0 Å². The van der Waals surface area contributed by atoms with Crippen LogP contribution in [0.4, 0.5) is 5.82 Å². The van der Waals surface area contributed by atoms with E-state index in [9.17, 15) is 57.9 Å². The molecule has 0 aliphatic carbocycles. The number of hydrogen-bond acceptors (Lipinski definition) is 18. The number of phosphoric acid groups is 3. The molecule has 3 heterocycles. The summed E-state index contributed by atoms with van der Waals surface area (Å²) in [5, 5.41) is 26.1. The number of nitrogens with one attached hydrogen (secondary N) is 2. The van der Waals surface area contributed by atoms with Crippen molar-refractivity contribution in [1.29, 1.82) is 0 Å². The highest BCUT2D eigenvalue weighted by Crippen LogP contribution is 2.61. The molecule has 0 radical (unpaired) electrons. The van der Waals surface area contributed by atoms with Gasteiger partial charge in [0.15, 0.2) is 17.7 Å². The summed E-state index contributed by atoms with van der Waals surface area (Å²) in [6.07, 6.45) is -3.94. The molecule has 7 unspecified atom stereocenters. The lowest BCUT2D eigenvalue weighted by atomic mass is 9.87. The molecule has 0 bridgehead atoms. The van der Waals surface area contributed by atoms with Crippen LogP contribution in [0.15, 0.2) is 24.8 Å². The third kappa shape index (κ3) is 13.5. The number of nitrogens with zero attached hydrogens (tertiary/aromatic N) is 4. The van der Waals surface area contributed by atoms with Crippen LogP contribution in [0.3, 0.4) is 0 Å². The Kier molecular flexibility index (Phi) is 15.8. The first kappa shape index (κ1) is 44.7. The molecule has 24 nitrogen and oxygen atoms in total. The number of aliphatic hydroxyl groups is 2. The number of carbonyl (C=O) groups excluding carboxylic acids is 3. The highest BCUT2D eigenvalue weighted by Gasteiger charge is 2.50. The molecular formula is C25H40N7O17P3S. The summed E-state index contributed by atoms with van der Waals surface area (Å²) in [7, 11) is -16.4. The van der Waals surface area contributed by atoms with E-state index in [0.717, 1.165) is 29.0 Å². The number of phosphoric ester groups is 3. The van der Waals surface area contributed by atoms with Crippen molar-refractivity contribution in [3.63, 3.8) is 0 Å². The molecular weight excluding hydrogens is 795 g/mol. The minimum Gasteiger partial charge on any atom is -0.386 e. The fraction of sp³-hybridized carbons (Fsp3) is 0.600. The summed E-state index contributed by atoms with van der Waals surface area (Å²) in [5.41, 5.74) is 4.26. The van der Waals surface area contributed by atoms with Crippen LogP contribution in [0.1, 0.15) is 33.4 Å². The van der Waals surface area contributed by atoms with Gasteiger partial charge in [-0.3, -0.25) is 32.5 Å². The average molecular weight is 836 g/mol. The number of nitrogen functional groups attached to an aromatic ring is 1. The molecule has 1 aliphatic rings. The second-order valence-electron chi connectivity index (χ2n) is 11.7. The molecule has 10 N–H and O–H groups in total. The largest absolute Gasteiger partial charge is 0.481 e. The van der Waals surface area contributed by atoms with Gasteiger partial charge in [-0.05, 0) is 13.0 Å². The van der Waals surface area contributed by atoms with E-state index in [-0.39, 0.29) is 41.6 Å². The van der Waals surface area contributed by atoms with E-state index >= 15 is 0 Å². The number of fused-ring (bicyclic) bond motifs is 1. The van der Waals surface area contributed by atoms with Crippen molar-refractivity contribution in [3.05, 3.63) is 24.8 Å². The number of anilines is 1. The minimum atomic E-state index is -5.56. The fourth-order valence-electron chi connectivity index (χ4n) is 4.47. The molecule has 53 heavy (non-hydrogen) atoms. The lowest BCUT2D eigenvalue weighted by Crippen LogP contribution is -2.46. The summed E-state index contributed by atoms with van der Waals surface area (Å²) >= 11 is 1.01. The second kappa shape index (κ2) is 18.8. The zero-order valence-corrected chi connectivity index (χ0v) is 31.7. The third-order valence-electron chi connectivity index (χ3n) is 7.05. The molecule has 2 aromatic heterocycles. The minimum absolute atomic E-state index is 0.0300. The first-order chi connectivity index (χ1) is 24.6. The number of carbonyl (C=O) groups is 3. The first-order valence-corrected chi connectivity index (χ1v) is 20.7. The Hall–Kier alpha value is -2.70. The van der Waals surface area contributed by atoms with Crippen molar-refractivity contribution >= 4 is 69.1 Å². The number of aromatic nitrogens is 4. The lowest BCUT2D eigenvalue weighted by Gasteiger charge is -2.30. The molecule has 2 amide bonds. The van der Waals surface area contributed by atoms with E-state index in [0.29, 0.717) is 5.75 Å². The maximum absolute atomic E-state index is 12.6. The lowest BCUT2D eigenvalue weighted by molar-refractivity contribution is -0.137. The summed E-state index contributed by atoms with van der Waals surface area (Å²) in [6, 6.07) is 0. The molecule has 1 saturated heterocycles. The van der Waals surface area contributed by atoms with Gasteiger partial charge in [-0.25, -0.2) is 28.6 Å². The Morgan fingerprint density at radius 2 is 1.77 bits per heavy atom. The maximum atomic E-state index is 12.6. The Morgan fingerprint density at radius 1 is 1.09 bits per heavy atom. The maximum Gasteiger partial charge on any atom is 0.481 e. The van der Waals surface area contributed by atoms with Crippen molar-refractivity contribution in [2.45, 2.75) is 57.8 Å². The van der Waals surface area contributed by atoms with E-state index in [1.54, 1.807) is 13.0 Å². The fourth-order valence-corrected chi connectivity index (χ4v) is 7.93. The molecule has 3 rings (SSSR count). The van der Waals surface area contributed by atoms with Crippen LogP contribution >= 0.6 is 35.2 Å². The average Bonchev–Trinajstić information content (AvgIpc) is 3.61. The molecule has 28 heteroatoms. The third-order valence-corrected chi connectivity index (χ3v) is 11.0. The summed E-state index contributed by atoms with van der Waals surface area (Å²) < 4.78 is 61.9.